The van der Waals surface area contributed by atoms with Gasteiger partial charge in [-0.05, 0) is 55.1 Å². The van der Waals surface area contributed by atoms with E-state index in [1.165, 1.54) is 5.56 Å². The number of anilines is 1. The van der Waals surface area contributed by atoms with Crippen molar-refractivity contribution in [3.8, 4) is 0 Å². The molecule has 1 heterocycles. The van der Waals surface area contributed by atoms with Crippen molar-refractivity contribution in [3.05, 3.63) is 64.1 Å². The summed E-state index contributed by atoms with van der Waals surface area (Å²) in [6.07, 6.45) is 1.85. The molecule has 0 aromatic heterocycles. The van der Waals surface area contributed by atoms with E-state index in [1.54, 1.807) is 12.1 Å². The van der Waals surface area contributed by atoms with Gasteiger partial charge in [0.2, 0.25) is 5.91 Å². The van der Waals surface area contributed by atoms with E-state index in [2.05, 4.69) is 57.4 Å². The second kappa shape index (κ2) is 10.7. The van der Waals surface area contributed by atoms with Gasteiger partial charge >= 0.3 is 0 Å². The summed E-state index contributed by atoms with van der Waals surface area (Å²) in [6.45, 7) is 7.25. The third-order valence-electron chi connectivity index (χ3n) is 5.27. The number of amides is 2. The minimum Gasteiger partial charge on any atom is -0.352 e. The van der Waals surface area contributed by atoms with Crippen LogP contribution in [-0.4, -0.2) is 36.3 Å². The van der Waals surface area contributed by atoms with Gasteiger partial charge in [-0.2, -0.15) is 0 Å². The van der Waals surface area contributed by atoms with Gasteiger partial charge in [0.25, 0.3) is 5.91 Å². The highest BCUT2D eigenvalue weighted by Crippen LogP contribution is 2.23. The Kier molecular flexibility index (Phi) is 8.05. The fraction of sp³-hybridized carbons (Fsp3) is 0.417. The van der Waals surface area contributed by atoms with Crippen LogP contribution < -0.4 is 10.6 Å². The van der Waals surface area contributed by atoms with Gasteiger partial charge in [0, 0.05) is 24.1 Å². The van der Waals surface area contributed by atoms with Gasteiger partial charge < -0.3 is 10.6 Å². The number of hydrogen-bond acceptors (Lipinski definition) is 3. The highest BCUT2D eigenvalue weighted by atomic mass is 79.9. The maximum Gasteiger partial charge on any atom is 0.253 e. The maximum absolute atomic E-state index is 13.0. The monoisotopic (exact) mass is 471 g/mol. The standard InChI is InChI=1S/C24H30BrN3O2/c1-17(2)14-26-24(30)21-10-3-4-11-22(21)27-23(29)19-8-6-12-28(16-19)15-18-7-5-9-20(25)13-18/h3-5,7,9-11,13,17,19H,6,8,12,14-16H2,1-2H3,(H,26,30)(H,27,29). The molecule has 0 saturated carbocycles. The summed E-state index contributed by atoms with van der Waals surface area (Å²) in [4.78, 5) is 27.8. The lowest BCUT2D eigenvalue weighted by atomic mass is 9.96. The fourth-order valence-corrected chi connectivity index (χ4v) is 4.17. The lowest BCUT2D eigenvalue weighted by Gasteiger charge is -2.32. The van der Waals surface area contributed by atoms with E-state index in [4.69, 9.17) is 0 Å². The van der Waals surface area contributed by atoms with Crippen LogP contribution in [0.5, 0.6) is 0 Å². The van der Waals surface area contributed by atoms with Crippen LogP contribution in [0.4, 0.5) is 5.69 Å². The van der Waals surface area contributed by atoms with Crippen LogP contribution in [-0.2, 0) is 11.3 Å². The summed E-state index contributed by atoms with van der Waals surface area (Å²) in [5.74, 6) is 0.115. The summed E-state index contributed by atoms with van der Waals surface area (Å²) in [7, 11) is 0. The fourth-order valence-electron chi connectivity index (χ4n) is 3.72. The van der Waals surface area contributed by atoms with Crippen molar-refractivity contribution in [2.24, 2.45) is 11.8 Å². The summed E-state index contributed by atoms with van der Waals surface area (Å²) < 4.78 is 1.07. The van der Waals surface area contributed by atoms with E-state index < -0.39 is 0 Å². The second-order valence-electron chi connectivity index (χ2n) is 8.34. The third-order valence-corrected chi connectivity index (χ3v) is 5.77. The van der Waals surface area contributed by atoms with Gasteiger partial charge in [-0.15, -0.1) is 0 Å². The highest BCUT2D eigenvalue weighted by molar-refractivity contribution is 9.10. The number of piperidine rings is 1. The van der Waals surface area contributed by atoms with Gasteiger partial charge in [0.1, 0.15) is 0 Å². The first-order valence-corrected chi connectivity index (χ1v) is 11.4. The molecular weight excluding hydrogens is 442 g/mol. The Balaban J connectivity index is 1.62. The molecule has 0 aliphatic carbocycles. The van der Waals surface area contributed by atoms with Crippen LogP contribution in [0.1, 0.15) is 42.6 Å². The molecule has 30 heavy (non-hydrogen) atoms. The van der Waals surface area contributed by atoms with Crippen molar-refractivity contribution in [2.75, 3.05) is 25.0 Å². The van der Waals surface area contributed by atoms with E-state index >= 15 is 0 Å². The van der Waals surface area contributed by atoms with E-state index in [0.29, 0.717) is 23.7 Å². The first-order chi connectivity index (χ1) is 14.4. The number of nitrogens with zero attached hydrogens (tertiary/aromatic N) is 1. The van der Waals surface area contributed by atoms with Crippen LogP contribution in [0, 0.1) is 11.8 Å². The number of carbonyl (C=O) groups is 2. The molecular formula is C24H30BrN3O2. The minimum atomic E-state index is -0.153. The van der Waals surface area contributed by atoms with Gasteiger partial charge in [-0.1, -0.05) is 54.0 Å². The minimum absolute atomic E-state index is 0.0157. The van der Waals surface area contributed by atoms with E-state index in [-0.39, 0.29) is 17.7 Å². The molecule has 2 aromatic rings. The molecule has 2 aromatic carbocycles. The van der Waals surface area contributed by atoms with Gasteiger partial charge in [0.05, 0.1) is 17.2 Å². The molecule has 2 amide bonds. The number of benzene rings is 2. The topological polar surface area (TPSA) is 61.4 Å². The van der Waals surface area contributed by atoms with E-state index in [0.717, 1.165) is 36.9 Å². The van der Waals surface area contributed by atoms with E-state index in [9.17, 15) is 9.59 Å². The first kappa shape index (κ1) is 22.5. The van der Waals surface area contributed by atoms with Crippen molar-refractivity contribution < 1.29 is 9.59 Å². The number of para-hydroxylation sites is 1. The Morgan fingerprint density at radius 2 is 1.97 bits per heavy atom. The molecule has 3 rings (SSSR count). The second-order valence-corrected chi connectivity index (χ2v) is 9.26. The Labute approximate surface area is 187 Å². The zero-order chi connectivity index (χ0) is 21.5. The predicted octanol–water partition coefficient (Wildman–Crippen LogP) is 4.69. The smallest absolute Gasteiger partial charge is 0.253 e. The molecule has 0 bridgehead atoms. The maximum atomic E-state index is 13.0. The molecule has 1 aliphatic rings. The van der Waals surface area contributed by atoms with E-state index in [1.807, 2.05) is 24.3 Å². The molecule has 6 heteroatoms. The van der Waals surface area contributed by atoms with Crippen LogP contribution in [0.15, 0.2) is 53.0 Å². The number of likely N-dealkylation sites (tertiary alicyclic amines) is 1. The molecule has 0 radical (unpaired) electrons. The van der Waals surface area contributed by atoms with Crippen LogP contribution in [0.3, 0.4) is 0 Å². The average molecular weight is 472 g/mol. The SMILES string of the molecule is CC(C)CNC(=O)c1ccccc1NC(=O)C1CCCN(Cc2cccc(Br)c2)C1. The van der Waals surface area contributed by atoms with Crippen molar-refractivity contribution >= 4 is 33.4 Å². The Morgan fingerprint density at radius 1 is 1.17 bits per heavy atom. The van der Waals surface area contributed by atoms with Gasteiger partial charge in [0.15, 0.2) is 0 Å². The molecule has 160 valence electrons. The van der Waals surface area contributed by atoms with Crippen LogP contribution in [0.25, 0.3) is 0 Å². The molecule has 1 fully saturated rings. The molecule has 2 N–H and O–H groups in total. The zero-order valence-electron chi connectivity index (χ0n) is 17.7. The molecule has 1 atom stereocenters. The van der Waals surface area contributed by atoms with Crippen molar-refractivity contribution in [3.63, 3.8) is 0 Å². The summed E-state index contributed by atoms with van der Waals surface area (Å²) in [5.41, 5.74) is 2.32. The summed E-state index contributed by atoms with van der Waals surface area (Å²) >= 11 is 3.52. The lowest BCUT2D eigenvalue weighted by molar-refractivity contribution is -0.121. The third kappa shape index (κ3) is 6.41. The molecule has 1 unspecified atom stereocenters. The lowest BCUT2D eigenvalue weighted by Crippen LogP contribution is -2.40. The normalized spacial score (nSPS) is 17.0. The molecule has 5 nitrogen and oxygen atoms in total. The highest BCUT2D eigenvalue weighted by Gasteiger charge is 2.26. The predicted molar refractivity (Wildman–Crippen MR) is 124 cm³/mol. The zero-order valence-corrected chi connectivity index (χ0v) is 19.2. The molecule has 1 saturated heterocycles. The number of rotatable bonds is 7. The summed E-state index contributed by atoms with van der Waals surface area (Å²) in [5, 5.41) is 5.94. The molecule has 1 aliphatic heterocycles. The van der Waals surface area contributed by atoms with Gasteiger partial charge in [-0.3, -0.25) is 14.5 Å². The Bertz CT molecular complexity index is 884. The van der Waals surface area contributed by atoms with Crippen molar-refractivity contribution in [1.29, 1.82) is 0 Å². The summed E-state index contributed by atoms with van der Waals surface area (Å²) in [6, 6.07) is 15.5. The average Bonchev–Trinajstić information content (AvgIpc) is 2.72. The van der Waals surface area contributed by atoms with Crippen molar-refractivity contribution in [2.45, 2.75) is 33.2 Å². The quantitative estimate of drug-likeness (QED) is 0.615. The number of carbonyl (C=O) groups excluding carboxylic acids is 2. The van der Waals surface area contributed by atoms with Gasteiger partial charge in [-0.25, -0.2) is 0 Å². The number of halogens is 1. The number of nitrogens with one attached hydrogen (secondary N) is 2. The van der Waals surface area contributed by atoms with Crippen LogP contribution in [0.2, 0.25) is 0 Å². The molecule has 0 spiro atoms. The number of hydrogen-bond donors (Lipinski definition) is 2. The van der Waals surface area contributed by atoms with Crippen molar-refractivity contribution in [1.82, 2.24) is 10.2 Å². The van der Waals surface area contributed by atoms with Crippen LogP contribution >= 0.6 is 15.9 Å². The Hall–Kier alpha value is -2.18. The Morgan fingerprint density at radius 3 is 2.73 bits per heavy atom. The largest absolute Gasteiger partial charge is 0.352 e. The first-order valence-electron chi connectivity index (χ1n) is 10.6.